The Labute approximate surface area is 68.4 Å². The van der Waals surface area contributed by atoms with Gasteiger partial charge in [0, 0.05) is 12.6 Å². The highest BCUT2D eigenvalue weighted by Gasteiger charge is 2.05. The summed E-state index contributed by atoms with van der Waals surface area (Å²) in [5, 5.41) is 3.02. The molecule has 4 nitrogen and oxygen atoms in total. The monoisotopic (exact) mass is 180 g/mol. The van der Waals surface area contributed by atoms with Gasteiger partial charge in [-0.3, -0.25) is 0 Å². The summed E-state index contributed by atoms with van der Waals surface area (Å²) in [6.45, 7) is 4.46. The minimum Gasteiger partial charge on any atom is -0.313 e. The van der Waals surface area contributed by atoms with Crippen LogP contribution in [0, 0.1) is 0 Å². The molecule has 0 radical (unpaired) electrons. The van der Waals surface area contributed by atoms with Gasteiger partial charge in [0.2, 0.25) is 10.0 Å². The Bertz CT molecular complexity index is 187. The van der Waals surface area contributed by atoms with E-state index in [1.165, 1.54) is 7.05 Å². The third kappa shape index (κ3) is 6.28. The van der Waals surface area contributed by atoms with E-state index >= 15 is 0 Å². The molecule has 0 fully saturated rings. The van der Waals surface area contributed by atoms with Crippen molar-refractivity contribution in [3.63, 3.8) is 0 Å². The van der Waals surface area contributed by atoms with Crippen LogP contribution >= 0.6 is 0 Å². The van der Waals surface area contributed by atoms with Crippen LogP contribution in [0.15, 0.2) is 0 Å². The fourth-order valence-corrected chi connectivity index (χ4v) is 1.17. The zero-order valence-electron chi connectivity index (χ0n) is 7.22. The molecule has 0 aliphatic heterocycles. The standard InChI is InChI=1S/C6H16N2O2S/c1-6(2)8-4-5-11(9,10)7-3/h6-8H,4-5H2,1-3H3. The summed E-state index contributed by atoms with van der Waals surface area (Å²) in [6.07, 6.45) is 0. The van der Waals surface area contributed by atoms with E-state index in [9.17, 15) is 8.42 Å². The highest BCUT2D eigenvalue weighted by molar-refractivity contribution is 7.89. The largest absolute Gasteiger partial charge is 0.313 e. The number of rotatable bonds is 5. The first-order valence-electron chi connectivity index (χ1n) is 3.62. The minimum absolute atomic E-state index is 0.141. The van der Waals surface area contributed by atoms with E-state index in [1.807, 2.05) is 13.8 Å². The average Bonchev–Trinajstić information content (AvgIpc) is 1.87. The molecule has 68 valence electrons. The molecule has 0 aromatic carbocycles. The molecule has 0 atom stereocenters. The molecule has 0 aromatic heterocycles. The van der Waals surface area contributed by atoms with Crippen molar-refractivity contribution in [1.29, 1.82) is 0 Å². The van der Waals surface area contributed by atoms with Crippen molar-refractivity contribution in [2.24, 2.45) is 0 Å². The van der Waals surface area contributed by atoms with Crippen LogP contribution in [-0.4, -0.2) is 33.8 Å². The van der Waals surface area contributed by atoms with E-state index in [1.54, 1.807) is 0 Å². The summed E-state index contributed by atoms with van der Waals surface area (Å²) in [7, 11) is -1.61. The van der Waals surface area contributed by atoms with E-state index in [2.05, 4.69) is 10.0 Å². The summed E-state index contributed by atoms with van der Waals surface area (Å²) in [4.78, 5) is 0. The minimum atomic E-state index is -3.03. The summed E-state index contributed by atoms with van der Waals surface area (Å²) in [5.74, 6) is 0.141. The molecule has 11 heavy (non-hydrogen) atoms. The number of sulfonamides is 1. The molecule has 0 saturated heterocycles. The highest BCUT2D eigenvalue weighted by atomic mass is 32.2. The molecular formula is C6H16N2O2S. The van der Waals surface area contributed by atoms with Crippen LogP contribution in [0.25, 0.3) is 0 Å². The number of nitrogens with one attached hydrogen (secondary N) is 2. The van der Waals surface area contributed by atoms with E-state index in [4.69, 9.17) is 0 Å². The molecule has 0 saturated carbocycles. The number of hydrogen-bond acceptors (Lipinski definition) is 3. The molecule has 0 amide bonds. The Kier molecular flexibility index (Phi) is 4.63. The third-order valence-electron chi connectivity index (χ3n) is 1.23. The fraction of sp³-hybridized carbons (Fsp3) is 1.00. The van der Waals surface area contributed by atoms with Gasteiger partial charge in [0.15, 0.2) is 0 Å². The molecule has 0 rings (SSSR count). The molecule has 0 bridgehead atoms. The number of hydrogen-bond donors (Lipinski definition) is 2. The first-order valence-corrected chi connectivity index (χ1v) is 5.28. The van der Waals surface area contributed by atoms with Crippen molar-refractivity contribution >= 4 is 10.0 Å². The second-order valence-electron chi connectivity index (χ2n) is 2.63. The molecule has 0 heterocycles. The third-order valence-corrected chi connectivity index (χ3v) is 2.60. The Morgan fingerprint density at radius 1 is 1.36 bits per heavy atom. The van der Waals surface area contributed by atoms with E-state index in [-0.39, 0.29) is 5.75 Å². The van der Waals surface area contributed by atoms with Crippen molar-refractivity contribution in [2.75, 3.05) is 19.3 Å². The Hall–Kier alpha value is -0.130. The Morgan fingerprint density at radius 2 is 1.91 bits per heavy atom. The predicted molar refractivity (Wildman–Crippen MR) is 46.0 cm³/mol. The smallest absolute Gasteiger partial charge is 0.212 e. The van der Waals surface area contributed by atoms with Crippen LogP contribution in [-0.2, 0) is 10.0 Å². The van der Waals surface area contributed by atoms with E-state index < -0.39 is 10.0 Å². The predicted octanol–water partition coefficient (Wildman–Crippen LogP) is -0.466. The van der Waals surface area contributed by atoms with Crippen LogP contribution in [0.4, 0.5) is 0 Å². The fourth-order valence-electron chi connectivity index (χ4n) is 0.584. The lowest BCUT2D eigenvalue weighted by atomic mass is 10.4. The van der Waals surface area contributed by atoms with Crippen molar-refractivity contribution in [1.82, 2.24) is 10.0 Å². The van der Waals surface area contributed by atoms with Gasteiger partial charge in [0.05, 0.1) is 5.75 Å². The quantitative estimate of drug-likeness (QED) is 0.601. The lowest BCUT2D eigenvalue weighted by molar-refractivity contribution is 0.572. The summed E-state index contributed by atoms with van der Waals surface area (Å²) >= 11 is 0. The molecule has 0 spiro atoms. The van der Waals surface area contributed by atoms with Crippen LogP contribution in [0.5, 0.6) is 0 Å². The van der Waals surface area contributed by atoms with Gasteiger partial charge in [-0.15, -0.1) is 0 Å². The van der Waals surface area contributed by atoms with Gasteiger partial charge < -0.3 is 5.32 Å². The van der Waals surface area contributed by atoms with Crippen molar-refractivity contribution in [3.05, 3.63) is 0 Å². The summed E-state index contributed by atoms with van der Waals surface area (Å²) in [5.41, 5.74) is 0. The molecular weight excluding hydrogens is 164 g/mol. The zero-order valence-corrected chi connectivity index (χ0v) is 8.03. The molecule has 0 aliphatic rings. The Morgan fingerprint density at radius 3 is 2.27 bits per heavy atom. The molecule has 5 heteroatoms. The van der Waals surface area contributed by atoms with Gasteiger partial charge in [-0.05, 0) is 7.05 Å². The first-order chi connectivity index (χ1) is 4.98. The van der Waals surface area contributed by atoms with Gasteiger partial charge >= 0.3 is 0 Å². The molecule has 0 aliphatic carbocycles. The summed E-state index contributed by atoms with van der Waals surface area (Å²) < 4.78 is 23.9. The Balaban J connectivity index is 3.55. The molecule has 0 aromatic rings. The van der Waals surface area contributed by atoms with Crippen LogP contribution in [0.2, 0.25) is 0 Å². The van der Waals surface area contributed by atoms with Crippen LogP contribution in [0.1, 0.15) is 13.8 Å². The second kappa shape index (κ2) is 4.69. The van der Waals surface area contributed by atoms with Crippen molar-refractivity contribution < 1.29 is 8.42 Å². The average molecular weight is 180 g/mol. The maximum atomic E-state index is 10.8. The second-order valence-corrected chi connectivity index (χ2v) is 4.68. The normalized spacial score (nSPS) is 12.4. The van der Waals surface area contributed by atoms with Gasteiger partial charge in [0.25, 0.3) is 0 Å². The van der Waals surface area contributed by atoms with Crippen LogP contribution < -0.4 is 10.0 Å². The van der Waals surface area contributed by atoms with Gasteiger partial charge in [0.1, 0.15) is 0 Å². The lowest BCUT2D eigenvalue weighted by Gasteiger charge is -2.07. The SMILES string of the molecule is CNS(=O)(=O)CCNC(C)C. The first kappa shape index (κ1) is 10.9. The lowest BCUT2D eigenvalue weighted by Crippen LogP contribution is -2.32. The van der Waals surface area contributed by atoms with Crippen molar-refractivity contribution in [2.45, 2.75) is 19.9 Å². The maximum Gasteiger partial charge on any atom is 0.212 e. The molecule has 2 N–H and O–H groups in total. The van der Waals surface area contributed by atoms with Gasteiger partial charge in [-0.2, -0.15) is 0 Å². The van der Waals surface area contributed by atoms with Gasteiger partial charge in [-0.1, -0.05) is 13.8 Å². The topological polar surface area (TPSA) is 58.2 Å². The van der Waals surface area contributed by atoms with E-state index in [0.717, 1.165) is 0 Å². The van der Waals surface area contributed by atoms with E-state index in [0.29, 0.717) is 12.6 Å². The summed E-state index contributed by atoms with van der Waals surface area (Å²) in [6, 6.07) is 0.335. The maximum absolute atomic E-state index is 10.8. The molecule has 0 unspecified atom stereocenters. The van der Waals surface area contributed by atoms with Crippen LogP contribution in [0.3, 0.4) is 0 Å². The zero-order chi connectivity index (χ0) is 8.91. The van der Waals surface area contributed by atoms with Crippen molar-refractivity contribution in [3.8, 4) is 0 Å². The van der Waals surface area contributed by atoms with Gasteiger partial charge in [-0.25, -0.2) is 13.1 Å². The highest BCUT2D eigenvalue weighted by Crippen LogP contribution is 1.81.